The predicted molar refractivity (Wildman–Crippen MR) is 72.2 cm³/mol. The number of unbranched alkanes of at least 4 members (excludes halogenated alkanes) is 8. The van der Waals surface area contributed by atoms with E-state index in [0.717, 1.165) is 19.6 Å². The number of hydrogen-bond donors (Lipinski definition) is 0. The van der Waals surface area contributed by atoms with Gasteiger partial charge in [0.05, 0.1) is 0 Å². The van der Waals surface area contributed by atoms with Gasteiger partial charge in [0.2, 0.25) is 0 Å². The summed E-state index contributed by atoms with van der Waals surface area (Å²) in [5, 5.41) is 0. The molecule has 1 atom stereocenters. The van der Waals surface area contributed by atoms with E-state index in [9.17, 15) is 0 Å². The Morgan fingerprint density at radius 1 is 0.941 bits per heavy atom. The highest BCUT2D eigenvalue weighted by Crippen LogP contribution is 2.14. The topological polar surface area (TPSA) is 18.5 Å². The molecule has 1 heterocycles. The predicted octanol–water partition coefficient (Wildman–Crippen LogP) is 4.67. The molecule has 2 heteroatoms. The average molecular weight is 242 g/mol. The molecule has 1 unspecified atom stereocenters. The van der Waals surface area contributed by atoms with E-state index in [1.165, 1.54) is 64.2 Å². The van der Waals surface area contributed by atoms with E-state index in [0.29, 0.717) is 0 Å². The van der Waals surface area contributed by atoms with Crippen molar-refractivity contribution in [1.29, 1.82) is 0 Å². The highest BCUT2D eigenvalue weighted by Gasteiger charge is 2.14. The van der Waals surface area contributed by atoms with Gasteiger partial charge in [0, 0.05) is 19.6 Å². The van der Waals surface area contributed by atoms with E-state index < -0.39 is 0 Å². The average Bonchev–Trinajstić information content (AvgIpc) is 2.85. The summed E-state index contributed by atoms with van der Waals surface area (Å²) in [6.45, 7) is 4.05. The Balaban J connectivity index is 1.69. The molecular formula is C15H30O2. The van der Waals surface area contributed by atoms with Gasteiger partial charge in [-0.05, 0) is 12.8 Å². The molecule has 0 amide bonds. The van der Waals surface area contributed by atoms with E-state index in [4.69, 9.17) is 9.47 Å². The summed E-state index contributed by atoms with van der Waals surface area (Å²) in [6.07, 6.45) is 14.7. The molecule has 0 saturated carbocycles. The number of ether oxygens (including phenoxy) is 2. The maximum Gasteiger partial charge on any atom is 0.157 e. The van der Waals surface area contributed by atoms with Crippen LogP contribution in [0.15, 0.2) is 0 Å². The van der Waals surface area contributed by atoms with Crippen molar-refractivity contribution in [1.82, 2.24) is 0 Å². The number of rotatable bonds is 11. The van der Waals surface area contributed by atoms with Crippen LogP contribution < -0.4 is 0 Å². The molecule has 1 aliphatic rings. The second kappa shape index (κ2) is 11.0. The van der Waals surface area contributed by atoms with Crippen LogP contribution >= 0.6 is 0 Å². The molecule has 0 aromatic carbocycles. The highest BCUT2D eigenvalue weighted by molar-refractivity contribution is 4.54. The molecular weight excluding hydrogens is 212 g/mol. The summed E-state index contributed by atoms with van der Waals surface area (Å²) in [5.41, 5.74) is 0. The molecule has 0 N–H and O–H groups in total. The van der Waals surface area contributed by atoms with Crippen molar-refractivity contribution >= 4 is 0 Å². The standard InChI is InChI=1S/C15H30O2/c1-2-3-4-5-6-7-8-9-10-13-16-15-12-11-14-17-15/h15H,2-14H2,1H3. The van der Waals surface area contributed by atoms with E-state index in [1.807, 2.05) is 0 Å². The molecule has 0 aromatic rings. The first-order valence-electron chi connectivity index (χ1n) is 7.66. The van der Waals surface area contributed by atoms with Gasteiger partial charge >= 0.3 is 0 Å². The van der Waals surface area contributed by atoms with Crippen LogP contribution in [-0.4, -0.2) is 19.5 Å². The van der Waals surface area contributed by atoms with Gasteiger partial charge in [-0.2, -0.15) is 0 Å². The SMILES string of the molecule is CCCCCCCCCCCOC1CCCO1. The second-order valence-electron chi connectivity index (χ2n) is 5.14. The minimum absolute atomic E-state index is 0.115. The van der Waals surface area contributed by atoms with Crippen molar-refractivity contribution in [2.45, 2.75) is 83.8 Å². The third kappa shape index (κ3) is 8.62. The molecule has 2 nitrogen and oxygen atoms in total. The van der Waals surface area contributed by atoms with Crippen molar-refractivity contribution in [2.75, 3.05) is 13.2 Å². The zero-order valence-electron chi connectivity index (χ0n) is 11.6. The molecule has 0 bridgehead atoms. The summed E-state index contributed by atoms with van der Waals surface area (Å²) < 4.78 is 11.1. The maximum atomic E-state index is 5.64. The van der Waals surface area contributed by atoms with E-state index in [1.54, 1.807) is 0 Å². The summed E-state index contributed by atoms with van der Waals surface area (Å²) in [6, 6.07) is 0. The summed E-state index contributed by atoms with van der Waals surface area (Å²) >= 11 is 0. The first-order chi connectivity index (χ1) is 8.43. The van der Waals surface area contributed by atoms with Crippen LogP contribution in [0.4, 0.5) is 0 Å². The van der Waals surface area contributed by atoms with Gasteiger partial charge in [-0.1, -0.05) is 58.3 Å². The maximum absolute atomic E-state index is 5.64. The first kappa shape index (κ1) is 15.0. The highest BCUT2D eigenvalue weighted by atomic mass is 16.7. The monoisotopic (exact) mass is 242 g/mol. The van der Waals surface area contributed by atoms with Gasteiger partial charge in [-0.15, -0.1) is 0 Å². The van der Waals surface area contributed by atoms with E-state index in [-0.39, 0.29) is 6.29 Å². The van der Waals surface area contributed by atoms with Gasteiger partial charge in [0.1, 0.15) is 0 Å². The first-order valence-corrected chi connectivity index (χ1v) is 7.66. The lowest BCUT2D eigenvalue weighted by atomic mass is 10.1. The fraction of sp³-hybridized carbons (Fsp3) is 1.00. The van der Waals surface area contributed by atoms with Crippen LogP contribution in [0.2, 0.25) is 0 Å². The third-order valence-electron chi connectivity index (χ3n) is 3.44. The van der Waals surface area contributed by atoms with E-state index >= 15 is 0 Å². The lowest BCUT2D eigenvalue weighted by Gasteiger charge is -2.10. The number of hydrogen-bond acceptors (Lipinski definition) is 2. The molecule has 1 aliphatic heterocycles. The van der Waals surface area contributed by atoms with E-state index in [2.05, 4.69) is 6.92 Å². The van der Waals surface area contributed by atoms with Crippen LogP contribution in [0.3, 0.4) is 0 Å². The molecule has 1 rings (SSSR count). The smallest absolute Gasteiger partial charge is 0.157 e. The molecule has 0 aliphatic carbocycles. The fourth-order valence-electron chi connectivity index (χ4n) is 2.31. The zero-order valence-corrected chi connectivity index (χ0v) is 11.6. The minimum Gasteiger partial charge on any atom is -0.353 e. The summed E-state index contributed by atoms with van der Waals surface area (Å²) in [7, 11) is 0. The molecule has 1 fully saturated rings. The molecule has 0 aromatic heterocycles. The van der Waals surface area contributed by atoms with Crippen molar-refractivity contribution in [3.63, 3.8) is 0 Å². The Hall–Kier alpha value is -0.0800. The molecule has 0 radical (unpaired) electrons. The zero-order chi connectivity index (χ0) is 12.2. The molecule has 17 heavy (non-hydrogen) atoms. The quantitative estimate of drug-likeness (QED) is 0.490. The van der Waals surface area contributed by atoms with Crippen LogP contribution in [0, 0.1) is 0 Å². The van der Waals surface area contributed by atoms with Gasteiger partial charge in [0.15, 0.2) is 6.29 Å². The third-order valence-corrected chi connectivity index (χ3v) is 3.44. The van der Waals surface area contributed by atoms with Gasteiger partial charge in [-0.3, -0.25) is 0 Å². The summed E-state index contributed by atoms with van der Waals surface area (Å²) in [5.74, 6) is 0. The van der Waals surface area contributed by atoms with Crippen LogP contribution in [0.1, 0.15) is 77.6 Å². The van der Waals surface area contributed by atoms with Gasteiger partial charge in [-0.25, -0.2) is 0 Å². The van der Waals surface area contributed by atoms with Crippen LogP contribution in [0.5, 0.6) is 0 Å². The molecule has 0 spiro atoms. The van der Waals surface area contributed by atoms with Gasteiger partial charge in [0.25, 0.3) is 0 Å². The van der Waals surface area contributed by atoms with Crippen molar-refractivity contribution < 1.29 is 9.47 Å². The van der Waals surface area contributed by atoms with Crippen LogP contribution in [-0.2, 0) is 9.47 Å². The molecule has 1 saturated heterocycles. The van der Waals surface area contributed by atoms with Crippen molar-refractivity contribution in [2.24, 2.45) is 0 Å². The largest absolute Gasteiger partial charge is 0.353 e. The lowest BCUT2D eigenvalue weighted by molar-refractivity contribution is -0.111. The normalized spacial score (nSPS) is 19.9. The Morgan fingerprint density at radius 2 is 1.59 bits per heavy atom. The lowest BCUT2D eigenvalue weighted by Crippen LogP contribution is -2.11. The molecule has 102 valence electrons. The Bertz CT molecular complexity index is 153. The Morgan fingerprint density at radius 3 is 2.18 bits per heavy atom. The van der Waals surface area contributed by atoms with Gasteiger partial charge < -0.3 is 9.47 Å². The fourth-order valence-corrected chi connectivity index (χ4v) is 2.31. The van der Waals surface area contributed by atoms with Crippen LogP contribution in [0.25, 0.3) is 0 Å². The second-order valence-corrected chi connectivity index (χ2v) is 5.14. The Kier molecular flexibility index (Phi) is 9.72. The summed E-state index contributed by atoms with van der Waals surface area (Å²) in [4.78, 5) is 0. The van der Waals surface area contributed by atoms with Crippen molar-refractivity contribution in [3.05, 3.63) is 0 Å². The minimum atomic E-state index is 0.115. The Labute approximate surface area is 107 Å². The van der Waals surface area contributed by atoms with Crippen molar-refractivity contribution in [3.8, 4) is 0 Å².